The average molecular weight is 285 g/mol. The number of methoxy groups -OCH3 is 1. The number of rotatable bonds is 4. The van der Waals surface area contributed by atoms with Crippen molar-refractivity contribution in [3.05, 3.63) is 42.2 Å². The monoisotopic (exact) mass is 285 g/mol. The van der Waals surface area contributed by atoms with Crippen molar-refractivity contribution < 1.29 is 4.74 Å². The fraction of sp³-hybridized carbons (Fsp3) is 0.471. The number of nitrogens with zero attached hydrogens (tertiary/aromatic N) is 2. The first kappa shape index (κ1) is 14.4. The number of ether oxygens (including phenoxy) is 1. The lowest BCUT2D eigenvalue weighted by Gasteiger charge is -2.38. The lowest BCUT2D eigenvalue weighted by molar-refractivity contribution is 0.0103. The summed E-state index contributed by atoms with van der Waals surface area (Å²) in [6.45, 7) is 2.62. The van der Waals surface area contributed by atoms with Gasteiger partial charge in [-0.25, -0.2) is 0 Å². The average Bonchev–Trinajstić information content (AvgIpc) is 2.55. The quantitative estimate of drug-likeness (QED) is 0.935. The predicted molar refractivity (Wildman–Crippen MR) is 85.0 cm³/mol. The van der Waals surface area contributed by atoms with E-state index < -0.39 is 0 Å². The standard InChI is InChI=1S/C17H23N3O/c1-21-16-6-7-20(15(8-16)9-18)12-14-11-19-10-13-4-2-3-5-17(13)14/h2-5,10-11,15-16H,6-9,12,18H2,1H3. The van der Waals surface area contributed by atoms with Crippen molar-refractivity contribution in [2.75, 3.05) is 20.2 Å². The second-order valence-corrected chi connectivity index (χ2v) is 5.76. The Morgan fingerprint density at radius 3 is 3.00 bits per heavy atom. The lowest BCUT2D eigenvalue weighted by atomic mass is 9.98. The van der Waals surface area contributed by atoms with Gasteiger partial charge in [0.2, 0.25) is 0 Å². The van der Waals surface area contributed by atoms with E-state index in [1.807, 2.05) is 12.4 Å². The smallest absolute Gasteiger partial charge is 0.0599 e. The van der Waals surface area contributed by atoms with Crippen molar-refractivity contribution in [1.82, 2.24) is 9.88 Å². The fourth-order valence-corrected chi connectivity index (χ4v) is 3.25. The van der Waals surface area contributed by atoms with Crippen LogP contribution in [0.3, 0.4) is 0 Å². The molecule has 0 saturated carbocycles. The minimum Gasteiger partial charge on any atom is -0.381 e. The van der Waals surface area contributed by atoms with Gasteiger partial charge in [-0.2, -0.15) is 0 Å². The van der Waals surface area contributed by atoms with Crippen LogP contribution in [0.1, 0.15) is 18.4 Å². The van der Waals surface area contributed by atoms with Crippen molar-refractivity contribution in [2.45, 2.75) is 31.5 Å². The van der Waals surface area contributed by atoms with Gasteiger partial charge in [-0.05, 0) is 23.8 Å². The van der Waals surface area contributed by atoms with Crippen LogP contribution < -0.4 is 5.73 Å². The number of hydrogen-bond donors (Lipinski definition) is 1. The minimum atomic E-state index is 0.348. The molecule has 1 aromatic heterocycles. The highest BCUT2D eigenvalue weighted by Gasteiger charge is 2.27. The molecule has 4 heteroatoms. The van der Waals surface area contributed by atoms with Crippen LogP contribution in [0.15, 0.2) is 36.7 Å². The van der Waals surface area contributed by atoms with E-state index >= 15 is 0 Å². The molecule has 0 amide bonds. The summed E-state index contributed by atoms with van der Waals surface area (Å²) >= 11 is 0. The summed E-state index contributed by atoms with van der Waals surface area (Å²) in [6, 6.07) is 8.82. The Bertz CT molecular complexity index is 596. The molecule has 0 radical (unpaired) electrons. The van der Waals surface area contributed by atoms with Crippen molar-refractivity contribution in [1.29, 1.82) is 0 Å². The summed E-state index contributed by atoms with van der Waals surface area (Å²) in [6.07, 6.45) is 6.35. The van der Waals surface area contributed by atoms with Crippen molar-refractivity contribution in [3.63, 3.8) is 0 Å². The van der Waals surface area contributed by atoms with Crippen LogP contribution >= 0.6 is 0 Å². The Kier molecular flexibility index (Phi) is 4.48. The molecule has 0 bridgehead atoms. The van der Waals surface area contributed by atoms with Crippen LogP contribution in [0.5, 0.6) is 0 Å². The molecule has 3 rings (SSSR count). The van der Waals surface area contributed by atoms with Gasteiger partial charge in [0.15, 0.2) is 0 Å². The Morgan fingerprint density at radius 1 is 1.33 bits per heavy atom. The van der Waals surface area contributed by atoms with E-state index in [0.29, 0.717) is 18.7 Å². The van der Waals surface area contributed by atoms with Crippen LogP contribution in [0, 0.1) is 0 Å². The van der Waals surface area contributed by atoms with E-state index in [1.165, 1.54) is 16.3 Å². The van der Waals surface area contributed by atoms with Gasteiger partial charge in [-0.15, -0.1) is 0 Å². The Hall–Kier alpha value is -1.49. The number of pyridine rings is 1. The van der Waals surface area contributed by atoms with E-state index in [4.69, 9.17) is 10.5 Å². The Labute approximate surface area is 125 Å². The Morgan fingerprint density at radius 2 is 2.19 bits per heavy atom. The molecule has 0 aliphatic carbocycles. The van der Waals surface area contributed by atoms with Crippen LogP contribution in [0.25, 0.3) is 10.8 Å². The maximum atomic E-state index is 5.96. The third-order valence-corrected chi connectivity index (χ3v) is 4.52. The number of likely N-dealkylation sites (tertiary alicyclic amines) is 1. The van der Waals surface area contributed by atoms with E-state index in [-0.39, 0.29) is 0 Å². The molecule has 2 atom stereocenters. The van der Waals surface area contributed by atoms with Gasteiger partial charge in [-0.1, -0.05) is 24.3 Å². The molecule has 1 aliphatic heterocycles. The third kappa shape index (κ3) is 3.07. The first-order chi connectivity index (χ1) is 10.3. The highest BCUT2D eigenvalue weighted by Crippen LogP contribution is 2.24. The zero-order valence-corrected chi connectivity index (χ0v) is 12.5. The molecule has 21 heavy (non-hydrogen) atoms. The topological polar surface area (TPSA) is 51.4 Å². The number of benzene rings is 1. The molecule has 1 saturated heterocycles. The molecule has 1 aromatic carbocycles. The zero-order chi connectivity index (χ0) is 14.7. The molecular weight excluding hydrogens is 262 g/mol. The summed E-state index contributed by atoms with van der Waals surface area (Å²) in [5.41, 5.74) is 7.24. The molecule has 2 N–H and O–H groups in total. The zero-order valence-electron chi connectivity index (χ0n) is 12.5. The summed E-state index contributed by atoms with van der Waals surface area (Å²) in [5, 5.41) is 2.49. The van der Waals surface area contributed by atoms with Gasteiger partial charge in [0.05, 0.1) is 6.10 Å². The first-order valence-corrected chi connectivity index (χ1v) is 7.60. The van der Waals surface area contributed by atoms with Gasteiger partial charge < -0.3 is 10.5 Å². The summed E-state index contributed by atoms with van der Waals surface area (Å²) in [5.74, 6) is 0. The SMILES string of the molecule is COC1CCN(Cc2cncc3ccccc23)C(CN)C1. The number of hydrogen-bond acceptors (Lipinski definition) is 4. The number of aromatic nitrogens is 1. The van der Waals surface area contributed by atoms with Gasteiger partial charge in [-0.3, -0.25) is 9.88 Å². The molecule has 2 aromatic rings. The van der Waals surface area contributed by atoms with Crippen molar-refractivity contribution in [2.24, 2.45) is 5.73 Å². The molecule has 0 spiro atoms. The second kappa shape index (κ2) is 6.52. The molecule has 1 aliphatic rings. The van der Waals surface area contributed by atoms with Gasteiger partial charge >= 0.3 is 0 Å². The highest BCUT2D eigenvalue weighted by atomic mass is 16.5. The maximum Gasteiger partial charge on any atom is 0.0599 e. The van der Waals surface area contributed by atoms with Crippen LogP contribution in [-0.2, 0) is 11.3 Å². The van der Waals surface area contributed by atoms with Crippen LogP contribution in [0.2, 0.25) is 0 Å². The molecule has 2 unspecified atom stereocenters. The number of piperidine rings is 1. The Balaban J connectivity index is 1.81. The summed E-state index contributed by atoms with van der Waals surface area (Å²) in [4.78, 5) is 6.85. The van der Waals surface area contributed by atoms with Gasteiger partial charge in [0.1, 0.15) is 0 Å². The van der Waals surface area contributed by atoms with Crippen molar-refractivity contribution >= 4 is 10.8 Å². The molecule has 112 valence electrons. The van der Waals surface area contributed by atoms with Crippen LogP contribution in [-0.4, -0.2) is 42.2 Å². The van der Waals surface area contributed by atoms with E-state index in [0.717, 1.165) is 25.9 Å². The first-order valence-electron chi connectivity index (χ1n) is 7.60. The van der Waals surface area contributed by atoms with E-state index in [2.05, 4.69) is 34.1 Å². The molecule has 4 nitrogen and oxygen atoms in total. The summed E-state index contributed by atoms with van der Waals surface area (Å²) < 4.78 is 5.50. The number of nitrogens with two attached hydrogens (primary N) is 1. The fourth-order valence-electron chi connectivity index (χ4n) is 3.25. The molecule has 2 heterocycles. The second-order valence-electron chi connectivity index (χ2n) is 5.76. The summed E-state index contributed by atoms with van der Waals surface area (Å²) in [7, 11) is 1.79. The molecular formula is C17H23N3O. The predicted octanol–water partition coefficient (Wildman–Crippen LogP) is 2.17. The van der Waals surface area contributed by atoms with Gasteiger partial charge in [0, 0.05) is 50.6 Å². The van der Waals surface area contributed by atoms with Gasteiger partial charge in [0.25, 0.3) is 0 Å². The van der Waals surface area contributed by atoms with E-state index in [9.17, 15) is 0 Å². The third-order valence-electron chi connectivity index (χ3n) is 4.52. The molecule has 1 fully saturated rings. The highest BCUT2D eigenvalue weighted by molar-refractivity contribution is 5.84. The minimum absolute atomic E-state index is 0.348. The van der Waals surface area contributed by atoms with Crippen LogP contribution in [0.4, 0.5) is 0 Å². The van der Waals surface area contributed by atoms with Crippen molar-refractivity contribution in [3.8, 4) is 0 Å². The lowest BCUT2D eigenvalue weighted by Crippen LogP contribution is -2.48. The largest absolute Gasteiger partial charge is 0.381 e. The maximum absolute atomic E-state index is 5.96. The van der Waals surface area contributed by atoms with E-state index in [1.54, 1.807) is 7.11 Å². The normalized spacial score (nSPS) is 23.5. The number of fused-ring (bicyclic) bond motifs is 1.